The summed E-state index contributed by atoms with van der Waals surface area (Å²) >= 11 is 1.30. The van der Waals surface area contributed by atoms with Gasteiger partial charge in [-0.15, -0.1) is 0 Å². The SMILES string of the molecule is Cc1ccccc1C.O=C1C=NSC1. The van der Waals surface area contributed by atoms with E-state index >= 15 is 0 Å². The molecule has 2 rings (SSSR count). The number of benzene rings is 1. The summed E-state index contributed by atoms with van der Waals surface area (Å²) in [6.45, 7) is 4.24. The summed E-state index contributed by atoms with van der Waals surface area (Å²) in [6, 6.07) is 8.36. The lowest BCUT2D eigenvalue weighted by atomic mass is 10.1. The Bertz CT molecular complexity index is 326. The number of hydrogen-bond acceptors (Lipinski definition) is 3. The third-order valence-corrected chi connectivity index (χ3v) is 2.57. The van der Waals surface area contributed by atoms with E-state index in [1.165, 1.54) is 29.3 Å². The second kappa shape index (κ2) is 5.60. The lowest BCUT2D eigenvalue weighted by Crippen LogP contribution is -1.93. The van der Waals surface area contributed by atoms with Crippen LogP contribution in [0, 0.1) is 13.8 Å². The summed E-state index contributed by atoms with van der Waals surface area (Å²) in [7, 11) is 0. The fourth-order valence-corrected chi connectivity index (χ4v) is 1.37. The highest BCUT2D eigenvalue weighted by Crippen LogP contribution is 2.05. The highest BCUT2D eigenvalue weighted by Gasteiger charge is 2.01. The van der Waals surface area contributed by atoms with Crippen LogP contribution in [0.15, 0.2) is 28.7 Å². The van der Waals surface area contributed by atoms with E-state index in [4.69, 9.17) is 0 Å². The minimum Gasteiger partial charge on any atom is -0.292 e. The molecule has 0 radical (unpaired) electrons. The fraction of sp³-hybridized carbons (Fsp3) is 0.273. The molecule has 2 nitrogen and oxygen atoms in total. The van der Waals surface area contributed by atoms with Crippen LogP contribution in [0.5, 0.6) is 0 Å². The van der Waals surface area contributed by atoms with E-state index in [1.54, 1.807) is 0 Å². The number of nitrogens with zero attached hydrogens (tertiary/aromatic N) is 1. The first-order chi connectivity index (χ1) is 6.70. The molecule has 0 saturated carbocycles. The van der Waals surface area contributed by atoms with Gasteiger partial charge in [-0.1, -0.05) is 24.3 Å². The third kappa shape index (κ3) is 3.75. The largest absolute Gasteiger partial charge is 0.292 e. The van der Waals surface area contributed by atoms with Crippen molar-refractivity contribution in [2.45, 2.75) is 13.8 Å². The van der Waals surface area contributed by atoms with E-state index in [9.17, 15) is 4.79 Å². The van der Waals surface area contributed by atoms with Gasteiger partial charge in [0.15, 0.2) is 5.78 Å². The number of carbonyl (C=O) groups excluding carboxylic acids is 1. The van der Waals surface area contributed by atoms with Crippen molar-refractivity contribution in [1.29, 1.82) is 0 Å². The van der Waals surface area contributed by atoms with E-state index in [-0.39, 0.29) is 5.78 Å². The molecular formula is C11H13NOS. The Labute approximate surface area is 88.6 Å². The fourth-order valence-electron chi connectivity index (χ4n) is 0.897. The third-order valence-electron chi connectivity index (χ3n) is 1.90. The first kappa shape index (κ1) is 11.0. The molecule has 1 aromatic rings. The van der Waals surface area contributed by atoms with Crippen molar-refractivity contribution in [2.24, 2.45) is 4.40 Å². The zero-order valence-electron chi connectivity index (χ0n) is 8.36. The highest BCUT2D eigenvalue weighted by molar-refractivity contribution is 7.99. The summed E-state index contributed by atoms with van der Waals surface area (Å²) in [6.07, 6.45) is 1.35. The standard InChI is InChI=1S/C8H10.C3H3NOS/c1-7-5-3-4-6-8(7)2;5-3-1-4-6-2-3/h3-6H,1-2H3;1H,2H2. The Morgan fingerprint density at radius 3 is 2.00 bits per heavy atom. The van der Waals surface area contributed by atoms with E-state index in [2.05, 4.69) is 42.5 Å². The smallest absolute Gasteiger partial charge is 0.186 e. The number of hydrogen-bond donors (Lipinski definition) is 0. The number of carbonyl (C=O) groups is 1. The van der Waals surface area contributed by atoms with Crippen molar-refractivity contribution in [3.8, 4) is 0 Å². The van der Waals surface area contributed by atoms with Crippen molar-refractivity contribution in [2.75, 3.05) is 5.75 Å². The quantitative estimate of drug-likeness (QED) is 0.612. The van der Waals surface area contributed by atoms with Crippen LogP contribution in [0.1, 0.15) is 11.1 Å². The maximum atomic E-state index is 10.1. The monoisotopic (exact) mass is 207 g/mol. The predicted octanol–water partition coefficient (Wildman–Crippen LogP) is 2.59. The number of rotatable bonds is 0. The lowest BCUT2D eigenvalue weighted by molar-refractivity contribution is -0.110. The Kier molecular flexibility index (Phi) is 4.40. The summed E-state index contributed by atoms with van der Waals surface area (Å²) in [5.41, 5.74) is 2.74. The molecule has 1 heterocycles. The van der Waals surface area contributed by atoms with Gasteiger partial charge in [-0.2, -0.15) is 0 Å². The second-order valence-corrected chi connectivity index (χ2v) is 3.82. The molecule has 0 N–H and O–H groups in total. The van der Waals surface area contributed by atoms with Gasteiger partial charge >= 0.3 is 0 Å². The molecule has 0 amide bonds. The van der Waals surface area contributed by atoms with Crippen LogP contribution in [0.4, 0.5) is 0 Å². The van der Waals surface area contributed by atoms with Crippen LogP contribution in [0.2, 0.25) is 0 Å². The molecule has 3 heteroatoms. The Balaban J connectivity index is 0.000000146. The summed E-state index contributed by atoms with van der Waals surface area (Å²) < 4.78 is 3.61. The zero-order chi connectivity index (χ0) is 10.4. The molecule has 0 fully saturated rings. The van der Waals surface area contributed by atoms with E-state index in [1.807, 2.05) is 0 Å². The molecule has 1 aliphatic heterocycles. The first-order valence-corrected chi connectivity index (χ1v) is 5.35. The van der Waals surface area contributed by atoms with Gasteiger partial charge in [-0.3, -0.25) is 4.79 Å². The Hall–Kier alpha value is -1.09. The van der Waals surface area contributed by atoms with Gasteiger partial charge in [-0.25, -0.2) is 4.40 Å². The van der Waals surface area contributed by atoms with Gasteiger partial charge in [0.2, 0.25) is 0 Å². The molecule has 0 unspecified atom stereocenters. The van der Waals surface area contributed by atoms with Gasteiger partial charge in [0.25, 0.3) is 0 Å². The van der Waals surface area contributed by atoms with Gasteiger partial charge in [0, 0.05) is 0 Å². The molecule has 0 bridgehead atoms. The summed E-state index contributed by atoms with van der Waals surface area (Å²) in [5.74, 6) is 0.667. The molecule has 1 aliphatic rings. The molecule has 14 heavy (non-hydrogen) atoms. The van der Waals surface area contributed by atoms with Gasteiger partial charge < -0.3 is 0 Å². The van der Waals surface area contributed by atoms with Crippen molar-refractivity contribution in [3.63, 3.8) is 0 Å². The van der Waals surface area contributed by atoms with Crippen molar-refractivity contribution < 1.29 is 4.79 Å². The molecule has 0 aromatic heterocycles. The van der Waals surface area contributed by atoms with Crippen LogP contribution in [0.3, 0.4) is 0 Å². The van der Waals surface area contributed by atoms with Gasteiger partial charge in [0.05, 0.1) is 12.0 Å². The second-order valence-electron chi connectivity index (χ2n) is 3.06. The van der Waals surface area contributed by atoms with E-state index < -0.39 is 0 Å². The number of Topliss-reactive ketones (excluding diaryl/α,β-unsaturated/α-hetero) is 1. The molecule has 0 saturated heterocycles. The molecular weight excluding hydrogens is 194 g/mol. The van der Waals surface area contributed by atoms with Crippen molar-refractivity contribution in [3.05, 3.63) is 35.4 Å². The van der Waals surface area contributed by atoms with Crippen molar-refractivity contribution in [1.82, 2.24) is 0 Å². The lowest BCUT2D eigenvalue weighted by Gasteiger charge is -1.93. The first-order valence-electron chi connectivity index (χ1n) is 4.40. The molecule has 1 aromatic carbocycles. The molecule has 74 valence electrons. The summed E-state index contributed by atoms with van der Waals surface area (Å²) in [5, 5.41) is 0. The van der Waals surface area contributed by atoms with Gasteiger partial charge in [0.1, 0.15) is 0 Å². The van der Waals surface area contributed by atoms with Crippen LogP contribution in [0.25, 0.3) is 0 Å². The normalized spacial score (nSPS) is 13.7. The maximum Gasteiger partial charge on any atom is 0.186 e. The molecule has 0 aliphatic carbocycles. The topological polar surface area (TPSA) is 29.4 Å². The summed E-state index contributed by atoms with van der Waals surface area (Å²) in [4.78, 5) is 10.1. The molecule has 0 atom stereocenters. The highest BCUT2D eigenvalue weighted by atomic mass is 32.2. The van der Waals surface area contributed by atoms with Gasteiger partial charge in [-0.05, 0) is 36.9 Å². The average molecular weight is 207 g/mol. The van der Waals surface area contributed by atoms with Crippen LogP contribution in [-0.4, -0.2) is 17.8 Å². The van der Waals surface area contributed by atoms with Crippen LogP contribution in [-0.2, 0) is 4.79 Å². The van der Waals surface area contributed by atoms with Crippen LogP contribution < -0.4 is 0 Å². The Morgan fingerprint density at radius 2 is 1.79 bits per heavy atom. The maximum absolute atomic E-state index is 10.1. The minimum absolute atomic E-state index is 0.125. The van der Waals surface area contributed by atoms with E-state index in [0.29, 0.717) is 5.75 Å². The average Bonchev–Trinajstić information content (AvgIpc) is 2.63. The Morgan fingerprint density at radius 1 is 1.21 bits per heavy atom. The van der Waals surface area contributed by atoms with Crippen molar-refractivity contribution >= 4 is 23.9 Å². The zero-order valence-corrected chi connectivity index (χ0v) is 9.17. The van der Waals surface area contributed by atoms with E-state index in [0.717, 1.165) is 0 Å². The molecule has 0 spiro atoms. The number of aryl methyl sites for hydroxylation is 2. The minimum atomic E-state index is 0.125. The number of ketones is 1. The van der Waals surface area contributed by atoms with Crippen LogP contribution >= 0.6 is 11.9 Å². The predicted molar refractivity (Wildman–Crippen MR) is 61.9 cm³/mol.